The number of phenols is 1. The van der Waals surface area contributed by atoms with Gasteiger partial charge in [-0.25, -0.2) is 8.78 Å². The Bertz CT molecular complexity index is 1780. The molecule has 1 atom stereocenters. The van der Waals surface area contributed by atoms with Gasteiger partial charge >= 0.3 is 6.01 Å². The third kappa shape index (κ3) is 4.87. The van der Waals surface area contributed by atoms with Crippen LogP contribution >= 0.6 is 0 Å². The van der Waals surface area contributed by atoms with Crippen molar-refractivity contribution in [3.8, 4) is 29.1 Å². The zero-order valence-corrected chi connectivity index (χ0v) is 25.0. The molecule has 0 amide bonds. The molecule has 0 bridgehead atoms. The summed E-state index contributed by atoms with van der Waals surface area (Å²) in [5.74, 6) is -0.636. The Morgan fingerprint density at radius 3 is 2.66 bits per heavy atom. The van der Waals surface area contributed by atoms with Crippen molar-refractivity contribution in [1.82, 2.24) is 19.9 Å². The van der Waals surface area contributed by atoms with Gasteiger partial charge in [0.2, 0.25) is 0 Å². The molecule has 2 aromatic heterocycles. The molecule has 1 unspecified atom stereocenters. The SMILES string of the molecule is CCc1c(F)ccc2cc(O)cc(-c3ncc4c(N5CCCC(C#N)CC5)nc(OCC56CCCN5CCC6)nc4c3F)c12. The molecule has 228 valence electrons. The molecule has 8 nitrogen and oxygen atoms in total. The fraction of sp³-hybridized carbons (Fsp3) is 0.471. The van der Waals surface area contributed by atoms with E-state index in [4.69, 9.17) is 9.72 Å². The number of aromatic nitrogens is 3. The molecule has 0 saturated carbocycles. The number of rotatable bonds is 6. The maximum absolute atomic E-state index is 16.8. The van der Waals surface area contributed by atoms with Crippen LogP contribution in [0.25, 0.3) is 32.9 Å². The van der Waals surface area contributed by atoms with Gasteiger partial charge in [0.15, 0.2) is 5.82 Å². The number of hydrogen-bond donors (Lipinski definition) is 1. The molecular formula is C34H36F2N6O2. The molecule has 44 heavy (non-hydrogen) atoms. The Morgan fingerprint density at radius 1 is 1.07 bits per heavy atom. The van der Waals surface area contributed by atoms with E-state index >= 15 is 4.39 Å². The first-order valence-corrected chi connectivity index (χ1v) is 15.7. The van der Waals surface area contributed by atoms with E-state index in [2.05, 4.69) is 25.8 Å². The van der Waals surface area contributed by atoms with E-state index in [1.807, 2.05) is 6.92 Å². The topological polar surface area (TPSA) is 98.4 Å². The molecule has 5 heterocycles. The Labute approximate surface area is 255 Å². The number of anilines is 1. The zero-order chi connectivity index (χ0) is 30.4. The number of ether oxygens (including phenoxy) is 1. The molecule has 3 aliphatic rings. The third-order valence-electron chi connectivity index (χ3n) is 9.90. The largest absolute Gasteiger partial charge is 0.508 e. The summed E-state index contributed by atoms with van der Waals surface area (Å²) < 4.78 is 38.0. The number of benzene rings is 2. The van der Waals surface area contributed by atoms with Gasteiger partial charge in [0, 0.05) is 30.8 Å². The monoisotopic (exact) mass is 598 g/mol. The van der Waals surface area contributed by atoms with E-state index < -0.39 is 11.6 Å². The average molecular weight is 599 g/mol. The maximum atomic E-state index is 16.8. The number of halogens is 2. The van der Waals surface area contributed by atoms with E-state index in [9.17, 15) is 14.8 Å². The van der Waals surface area contributed by atoms with E-state index in [-0.39, 0.29) is 34.4 Å². The summed E-state index contributed by atoms with van der Waals surface area (Å²) in [4.78, 5) is 18.6. The van der Waals surface area contributed by atoms with Crippen LogP contribution < -0.4 is 9.64 Å². The summed E-state index contributed by atoms with van der Waals surface area (Å²) in [5.41, 5.74) is 0.737. The van der Waals surface area contributed by atoms with Crippen molar-refractivity contribution >= 4 is 27.5 Å². The highest BCUT2D eigenvalue weighted by atomic mass is 19.1. The first-order valence-electron chi connectivity index (χ1n) is 15.7. The minimum atomic E-state index is -0.680. The maximum Gasteiger partial charge on any atom is 0.319 e. The molecule has 1 N–H and O–H groups in total. The predicted molar refractivity (Wildman–Crippen MR) is 165 cm³/mol. The van der Waals surface area contributed by atoms with Crippen LogP contribution in [0.4, 0.5) is 14.6 Å². The normalized spacial score (nSPS) is 20.1. The van der Waals surface area contributed by atoms with Crippen LogP contribution in [0.3, 0.4) is 0 Å². The smallest absolute Gasteiger partial charge is 0.319 e. The highest BCUT2D eigenvalue weighted by molar-refractivity contribution is 6.01. The molecule has 3 fully saturated rings. The highest BCUT2D eigenvalue weighted by Gasteiger charge is 2.45. The van der Waals surface area contributed by atoms with Crippen LogP contribution in [0, 0.1) is 28.9 Å². The Balaban J connectivity index is 1.37. The zero-order valence-electron chi connectivity index (χ0n) is 25.0. The van der Waals surface area contributed by atoms with Gasteiger partial charge in [-0.05, 0) is 99.0 Å². The van der Waals surface area contributed by atoms with Gasteiger partial charge in [0.25, 0.3) is 0 Å². The first-order chi connectivity index (χ1) is 21.4. The van der Waals surface area contributed by atoms with Gasteiger partial charge in [-0.15, -0.1) is 0 Å². The molecule has 7 rings (SSSR count). The second kappa shape index (κ2) is 11.4. The molecule has 3 aliphatic heterocycles. The van der Waals surface area contributed by atoms with Crippen molar-refractivity contribution in [2.24, 2.45) is 5.92 Å². The highest BCUT2D eigenvalue weighted by Crippen LogP contribution is 2.41. The number of aromatic hydroxyl groups is 1. The van der Waals surface area contributed by atoms with Crippen LogP contribution in [0.2, 0.25) is 0 Å². The summed E-state index contributed by atoms with van der Waals surface area (Å²) in [5, 5.41) is 21.7. The number of nitrogens with zero attached hydrogens (tertiary/aromatic N) is 6. The fourth-order valence-corrected chi connectivity index (χ4v) is 7.64. The molecule has 0 radical (unpaired) electrons. The Hall–Kier alpha value is -4.10. The van der Waals surface area contributed by atoms with Gasteiger partial charge in [0.1, 0.15) is 35.2 Å². The predicted octanol–water partition coefficient (Wildman–Crippen LogP) is 6.53. The third-order valence-corrected chi connectivity index (χ3v) is 9.90. The molecule has 10 heteroatoms. The average Bonchev–Trinajstić information content (AvgIpc) is 3.52. The number of aryl methyl sites for hydroxylation is 1. The van der Waals surface area contributed by atoms with Crippen LogP contribution in [-0.4, -0.2) is 63.3 Å². The van der Waals surface area contributed by atoms with Crippen molar-refractivity contribution in [2.75, 3.05) is 37.7 Å². The Kier molecular flexibility index (Phi) is 7.45. The molecule has 2 aromatic carbocycles. The van der Waals surface area contributed by atoms with Crippen molar-refractivity contribution in [3.05, 3.63) is 47.7 Å². The molecular weight excluding hydrogens is 562 g/mol. The number of nitriles is 1. The summed E-state index contributed by atoms with van der Waals surface area (Å²) >= 11 is 0. The lowest BCUT2D eigenvalue weighted by Crippen LogP contribution is -2.43. The van der Waals surface area contributed by atoms with Gasteiger partial charge < -0.3 is 14.7 Å². The van der Waals surface area contributed by atoms with E-state index in [1.54, 1.807) is 18.3 Å². The summed E-state index contributed by atoms with van der Waals surface area (Å²) in [7, 11) is 0. The van der Waals surface area contributed by atoms with Gasteiger partial charge in [-0.3, -0.25) is 9.88 Å². The van der Waals surface area contributed by atoms with Crippen LogP contribution in [0.1, 0.15) is 57.4 Å². The molecule has 3 saturated heterocycles. The summed E-state index contributed by atoms with van der Waals surface area (Å²) in [6.07, 6.45) is 8.61. The number of pyridine rings is 1. The van der Waals surface area contributed by atoms with Crippen LogP contribution in [-0.2, 0) is 6.42 Å². The summed E-state index contributed by atoms with van der Waals surface area (Å²) in [6.45, 7) is 5.66. The van der Waals surface area contributed by atoms with Crippen molar-refractivity contribution in [3.63, 3.8) is 0 Å². The standard InChI is InChI=1S/C34H36F2N6O2/c1-2-24-27(35)8-7-22-16-23(43)17-25(28(22)24)30-29(36)31-26(19-38-30)32(41-12-3-6-21(18-37)9-15-41)40-33(39-31)44-20-34-10-4-13-42(34)14-5-11-34/h7-8,16-17,19,21,43H,2-6,9-15,20H2,1H3. The first kappa shape index (κ1) is 28.7. The molecule has 4 aromatic rings. The number of fused-ring (bicyclic) bond motifs is 3. The summed E-state index contributed by atoms with van der Waals surface area (Å²) in [6, 6.07) is 8.44. The van der Waals surface area contributed by atoms with E-state index in [0.29, 0.717) is 65.6 Å². The lowest BCUT2D eigenvalue weighted by atomic mass is 9.94. The second-order valence-electron chi connectivity index (χ2n) is 12.4. The molecule has 0 aliphatic carbocycles. The lowest BCUT2D eigenvalue weighted by Gasteiger charge is -2.31. The minimum absolute atomic E-state index is 0.0222. The lowest BCUT2D eigenvalue weighted by molar-refractivity contribution is 0.108. The van der Waals surface area contributed by atoms with Gasteiger partial charge in [-0.1, -0.05) is 13.0 Å². The Morgan fingerprint density at radius 2 is 1.89 bits per heavy atom. The second-order valence-corrected chi connectivity index (χ2v) is 12.4. The number of phenolic OH excluding ortho intramolecular Hbond substituents is 1. The van der Waals surface area contributed by atoms with Crippen molar-refractivity contribution in [1.29, 1.82) is 5.26 Å². The van der Waals surface area contributed by atoms with Crippen molar-refractivity contribution in [2.45, 2.75) is 63.8 Å². The fourth-order valence-electron chi connectivity index (χ4n) is 7.64. The van der Waals surface area contributed by atoms with Gasteiger partial charge in [-0.2, -0.15) is 15.2 Å². The number of hydrogen-bond acceptors (Lipinski definition) is 8. The van der Waals surface area contributed by atoms with Gasteiger partial charge in [0.05, 0.1) is 17.0 Å². The van der Waals surface area contributed by atoms with E-state index in [0.717, 1.165) is 51.6 Å². The van der Waals surface area contributed by atoms with Crippen LogP contribution in [0.5, 0.6) is 11.8 Å². The quantitative estimate of drug-likeness (QED) is 0.268. The minimum Gasteiger partial charge on any atom is -0.508 e. The van der Waals surface area contributed by atoms with Crippen LogP contribution in [0.15, 0.2) is 30.5 Å². The van der Waals surface area contributed by atoms with E-state index in [1.165, 1.54) is 12.1 Å². The molecule has 0 spiro atoms. The van der Waals surface area contributed by atoms with Crippen molar-refractivity contribution < 1.29 is 18.6 Å².